The minimum absolute atomic E-state index is 0. The van der Waals surface area contributed by atoms with E-state index >= 15 is 0 Å². The summed E-state index contributed by atoms with van der Waals surface area (Å²) >= 11 is 2.83. The first-order valence-corrected chi connectivity index (χ1v) is 13.8. The number of hydrogen-bond acceptors (Lipinski definition) is 8. The quantitative estimate of drug-likeness (QED) is 0.236. The highest BCUT2D eigenvalue weighted by Gasteiger charge is 2.11. The molecule has 0 unspecified atom stereocenters. The molecule has 0 spiro atoms. The molecule has 0 fully saturated rings. The molecule has 0 saturated heterocycles. The van der Waals surface area contributed by atoms with Crippen LogP contribution in [-0.2, 0) is 27.6 Å². The summed E-state index contributed by atoms with van der Waals surface area (Å²) in [5, 5.41) is 13.1. The smallest absolute Gasteiger partial charge is 0.305 e. The van der Waals surface area contributed by atoms with Gasteiger partial charge in [0.05, 0.1) is 23.7 Å². The van der Waals surface area contributed by atoms with E-state index in [4.69, 9.17) is 4.74 Å². The van der Waals surface area contributed by atoms with Gasteiger partial charge in [0, 0.05) is 22.7 Å². The number of aromatic amines is 1. The molecule has 0 bridgehead atoms. The average molecular weight is 536 g/mol. The Kier molecular flexibility index (Phi) is 11.3. The summed E-state index contributed by atoms with van der Waals surface area (Å²) in [5.41, 5.74) is 1.44. The van der Waals surface area contributed by atoms with Crippen molar-refractivity contribution in [1.82, 2.24) is 15.0 Å². The van der Waals surface area contributed by atoms with Gasteiger partial charge in [-0.15, -0.1) is 23.7 Å². The second-order valence-corrected chi connectivity index (χ2v) is 11.7. The molecule has 0 radical (unpaired) electrons. The van der Waals surface area contributed by atoms with Crippen molar-refractivity contribution in [1.29, 1.82) is 0 Å². The summed E-state index contributed by atoms with van der Waals surface area (Å²) in [5.74, 6) is 0.118. The number of halogens is 1. The fourth-order valence-corrected chi connectivity index (χ4v) is 6.07. The number of ether oxygens (including phenoxy) is 1. The van der Waals surface area contributed by atoms with Gasteiger partial charge < -0.3 is 20.1 Å². The lowest BCUT2D eigenvalue weighted by atomic mass is 10.1. The largest absolute Gasteiger partial charge is 0.506 e. The second-order valence-electron chi connectivity index (χ2n) is 7.40. The van der Waals surface area contributed by atoms with Gasteiger partial charge in [-0.1, -0.05) is 17.4 Å². The van der Waals surface area contributed by atoms with Crippen LogP contribution in [0.1, 0.15) is 21.7 Å². The van der Waals surface area contributed by atoms with Crippen LogP contribution in [0, 0.1) is 6.92 Å². The molecule has 184 valence electrons. The van der Waals surface area contributed by atoms with Crippen molar-refractivity contribution in [2.45, 2.75) is 26.2 Å². The van der Waals surface area contributed by atoms with Crippen LogP contribution in [0.2, 0.25) is 0 Å². The van der Waals surface area contributed by atoms with E-state index in [1.807, 2.05) is 0 Å². The molecule has 4 N–H and O–H groups in total. The topological polar surface area (TPSA) is 121 Å². The lowest BCUT2D eigenvalue weighted by Gasteiger charge is -2.09. The van der Waals surface area contributed by atoms with Crippen molar-refractivity contribution in [2.24, 2.45) is 0 Å². The Bertz CT molecular complexity index is 1170. The number of rotatable bonds is 14. The predicted octanol–water partition coefficient (Wildman–Crippen LogP) is 2.79. The molecule has 0 aliphatic heterocycles. The summed E-state index contributed by atoms with van der Waals surface area (Å²) in [6, 6.07) is 7.56. The van der Waals surface area contributed by atoms with Gasteiger partial charge in [0.25, 0.3) is 0 Å². The van der Waals surface area contributed by atoms with E-state index in [2.05, 4.69) is 34.1 Å². The molecule has 12 heteroatoms. The number of aromatic nitrogens is 1. The van der Waals surface area contributed by atoms with E-state index in [1.165, 1.54) is 9.75 Å². The van der Waals surface area contributed by atoms with Crippen LogP contribution < -0.4 is 14.9 Å². The van der Waals surface area contributed by atoms with Crippen LogP contribution in [-0.4, -0.2) is 57.1 Å². The highest BCUT2D eigenvalue weighted by Crippen LogP contribution is 2.27. The number of benzene rings is 1. The molecule has 1 aromatic carbocycles. The zero-order valence-electron chi connectivity index (χ0n) is 18.4. The number of H-pyrrole nitrogens is 1. The maximum absolute atomic E-state index is 12.1. The van der Waals surface area contributed by atoms with Crippen LogP contribution in [0.25, 0.3) is 10.2 Å². The molecule has 3 rings (SSSR count). The third-order valence-corrected chi connectivity index (χ3v) is 8.32. The number of sulfonamides is 1. The first-order chi connectivity index (χ1) is 15.3. The Morgan fingerprint density at radius 3 is 2.64 bits per heavy atom. The lowest BCUT2D eigenvalue weighted by molar-refractivity contribution is 0.143. The number of aryl methyl sites for hydroxylation is 1. The number of hydrogen-bond donors (Lipinski definition) is 4. The first kappa shape index (κ1) is 27.8. The van der Waals surface area contributed by atoms with Crippen LogP contribution in [0.3, 0.4) is 0 Å². The van der Waals surface area contributed by atoms with Crippen molar-refractivity contribution in [3.8, 4) is 5.75 Å². The van der Waals surface area contributed by atoms with Gasteiger partial charge in [-0.3, -0.25) is 4.79 Å². The maximum atomic E-state index is 12.1. The van der Waals surface area contributed by atoms with E-state index in [-0.39, 0.29) is 35.3 Å². The Morgan fingerprint density at radius 1 is 1.06 bits per heavy atom. The van der Waals surface area contributed by atoms with Crippen LogP contribution in [0.15, 0.2) is 29.1 Å². The van der Waals surface area contributed by atoms with Crippen molar-refractivity contribution in [2.75, 3.05) is 38.6 Å². The number of thiazole rings is 1. The Labute approximate surface area is 207 Å². The number of phenols is 1. The van der Waals surface area contributed by atoms with Gasteiger partial charge in [0.2, 0.25) is 10.0 Å². The second kappa shape index (κ2) is 13.4. The fraction of sp³-hybridized carbons (Fsp3) is 0.476. The summed E-state index contributed by atoms with van der Waals surface area (Å²) in [7, 11) is -3.32. The number of phenolic OH excluding ortho intramolecular Hbond substituents is 1. The van der Waals surface area contributed by atoms with E-state index < -0.39 is 10.0 Å². The minimum atomic E-state index is -3.32. The summed E-state index contributed by atoms with van der Waals surface area (Å²) in [6.07, 6.45) is 2.02. The standard InChI is InChI=1S/C21H29N3O5S3.ClH/c1-15-3-5-17(30-15)8-12-29-13-11-23-32(27,28)14-2-9-22-10-7-16-4-6-18(25)19-20(16)31-21(26)24-19;/h3-6,22-23,25H,2,7-14H2,1H3,(H,24,26);1H. The monoisotopic (exact) mass is 535 g/mol. The summed E-state index contributed by atoms with van der Waals surface area (Å²) in [6.45, 7) is 4.50. The third kappa shape index (κ3) is 9.01. The average Bonchev–Trinajstić information content (AvgIpc) is 3.34. The number of nitrogens with one attached hydrogen (secondary N) is 3. The van der Waals surface area contributed by atoms with Gasteiger partial charge in [-0.2, -0.15) is 0 Å². The van der Waals surface area contributed by atoms with Gasteiger partial charge in [-0.25, -0.2) is 13.1 Å². The molecule has 2 heterocycles. The number of thiophene rings is 1. The summed E-state index contributed by atoms with van der Waals surface area (Å²) in [4.78, 5) is 16.5. The molecule has 2 aromatic heterocycles. The Hall–Kier alpha value is -1.47. The van der Waals surface area contributed by atoms with Crippen molar-refractivity contribution < 1.29 is 18.3 Å². The van der Waals surface area contributed by atoms with E-state index in [1.54, 1.807) is 23.5 Å². The Morgan fingerprint density at radius 2 is 1.88 bits per heavy atom. The molecular weight excluding hydrogens is 506 g/mol. The molecule has 3 aromatic rings. The van der Waals surface area contributed by atoms with E-state index in [0.29, 0.717) is 44.7 Å². The minimum Gasteiger partial charge on any atom is -0.506 e. The first-order valence-electron chi connectivity index (χ1n) is 10.5. The van der Waals surface area contributed by atoms with Crippen LogP contribution in [0.5, 0.6) is 5.75 Å². The Balaban J connectivity index is 0.00000385. The lowest BCUT2D eigenvalue weighted by Crippen LogP contribution is -2.31. The highest BCUT2D eigenvalue weighted by molar-refractivity contribution is 7.89. The maximum Gasteiger partial charge on any atom is 0.305 e. The molecule has 0 aliphatic carbocycles. The van der Waals surface area contributed by atoms with Crippen molar-refractivity contribution >= 4 is 55.3 Å². The zero-order chi connectivity index (χ0) is 23.0. The van der Waals surface area contributed by atoms with Crippen molar-refractivity contribution in [3.63, 3.8) is 0 Å². The van der Waals surface area contributed by atoms with Gasteiger partial charge >= 0.3 is 4.87 Å². The molecule has 33 heavy (non-hydrogen) atoms. The van der Waals surface area contributed by atoms with E-state index in [0.717, 1.165) is 28.0 Å². The molecule has 0 saturated carbocycles. The molecule has 0 aliphatic rings. The number of fused-ring (bicyclic) bond motifs is 1. The van der Waals surface area contributed by atoms with Crippen LogP contribution in [0.4, 0.5) is 0 Å². The van der Waals surface area contributed by atoms with Gasteiger partial charge in [0.15, 0.2) is 0 Å². The van der Waals surface area contributed by atoms with Gasteiger partial charge in [-0.05, 0) is 56.6 Å². The third-order valence-electron chi connectivity index (χ3n) is 4.83. The molecular formula is C21H30ClN3O5S3. The number of aromatic hydroxyl groups is 1. The molecule has 8 nitrogen and oxygen atoms in total. The SMILES string of the molecule is Cc1ccc(CCOCCNS(=O)(=O)CCCNCCc2ccc(O)c3[nH]c(=O)sc23)s1.Cl. The van der Waals surface area contributed by atoms with E-state index in [9.17, 15) is 18.3 Å². The zero-order valence-corrected chi connectivity index (χ0v) is 21.7. The van der Waals surface area contributed by atoms with Crippen LogP contribution >= 0.6 is 35.1 Å². The highest BCUT2D eigenvalue weighted by atomic mass is 35.5. The predicted molar refractivity (Wildman–Crippen MR) is 138 cm³/mol. The van der Waals surface area contributed by atoms with Gasteiger partial charge in [0.1, 0.15) is 11.3 Å². The summed E-state index contributed by atoms with van der Waals surface area (Å²) < 4.78 is 33.0. The molecule has 0 amide bonds. The normalized spacial score (nSPS) is 11.7. The van der Waals surface area contributed by atoms with Crippen molar-refractivity contribution in [3.05, 3.63) is 49.3 Å². The molecule has 0 atom stereocenters. The fourth-order valence-electron chi connectivity index (χ4n) is 3.24.